The molecule has 20 heavy (non-hydrogen) atoms. The third-order valence-corrected chi connectivity index (χ3v) is 2.10. The maximum atomic E-state index is 13.0. The first-order valence-corrected chi connectivity index (χ1v) is 6.00. The fourth-order valence-corrected chi connectivity index (χ4v) is 1.34. The molecule has 6 heteroatoms. The number of amides is 1. The second-order valence-corrected chi connectivity index (χ2v) is 5.12. The molecule has 0 atom stereocenters. The van der Waals surface area contributed by atoms with Crippen molar-refractivity contribution in [3.63, 3.8) is 0 Å². The third-order valence-electron chi connectivity index (χ3n) is 2.10. The summed E-state index contributed by atoms with van der Waals surface area (Å²) in [5.41, 5.74) is -0.299. The lowest BCUT2D eigenvalue weighted by molar-refractivity contribution is 0.0534. The highest BCUT2D eigenvalue weighted by Gasteiger charge is 2.15. The molecule has 1 amide bonds. The lowest BCUT2D eigenvalue weighted by atomic mass is 10.2. The summed E-state index contributed by atoms with van der Waals surface area (Å²) in [6.45, 7) is 5.39. The van der Waals surface area contributed by atoms with Gasteiger partial charge in [-0.25, -0.2) is 9.18 Å². The van der Waals surface area contributed by atoms with Gasteiger partial charge in [-0.3, -0.25) is 0 Å². The molecule has 1 aromatic rings. The van der Waals surface area contributed by atoms with Crippen LogP contribution in [-0.4, -0.2) is 23.3 Å². The molecule has 1 aromatic carbocycles. The van der Waals surface area contributed by atoms with Crippen LogP contribution in [0.2, 0.25) is 0 Å². The number of hydrogen-bond donors (Lipinski definition) is 2. The SMILES string of the molecule is CC(C)(C)OC(=O)NCC=Cc1cc(O)c(F)c(F)c1. The van der Waals surface area contributed by atoms with E-state index in [0.29, 0.717) is 0 Å². The first-order valence-electron chi connectivity index (χ1n) is 6.00. The van der Waals surface area contributed by atoms with Crippen molar-refractivity contribution in [2.45, 2.75) is 26.4 Å². The van der Waals surface area contributed by atoms with E-state index in [4.69, 9.17) is 9.84 Å². The van der Waals surface area contributed by atoms with E-state index in [1.54, 1.807) is 20.8 Å². The van der Waals surface area contributed by atoms with Gasteiger partial charge in [-0.2, -0.15) is 4.39 Å². The van der Waals surface area contributed by atoms with Crippen LogP contribution in [0.5, 0.6) is 5.75 Å². The second kappa shape index (κ2) is 6.36. The van der Waals surface area contributed by atoms with Gasteiger partial charge >= 0.3 is 6.09 Å². The van der Waals surface area contributed by atoms with Crippen molar-refractivity contribution < 1.29 is 23.4 Å². The summed E-state index contributed by atoms with van der Waals surface area (Å²) >= 11 is 0. The van der Waals surface area contributed by atoms with Gasteiger partial charge in [-0.15, -0.1) is 0 Å². The zero-order valence-electron chi connectivity index (χ0n) is 11.5. The Labute approximate surface area is 116 Å². The molecule has 0 aliphatic rings. The average Bonchev–Trinajstić information content (AvgIpc) is 2.29. The molecular weight excluding hydrogens is 268 g/mol. The molecule has 0 aromatic heterocycles. The number of aromatic hydroxyl groups is 1. The molecule has 0 aliphatic heterocycles. The molecule has 2 N–H and O–H groups in total. The first-order chi connectivity index (χ1) is 9.19. The van der Waals surface area contributed by atoms with E-state index in [0.717, 1.165) is 12.1 Å². The van der Waals surface area contributed by atoms with Crippen molar-refractivity contribution in [1.82, 2.24) is 5.32 Å². The van der Waals surface area contributed by atoms with E-state index in [2.05, 4.69) is 5.32 Å². The maximum Gasteiger partial charge on any atom is 0.407 e. The molecule has 0 spiro atoms. The lowest BCUT2D eigenvalue weighted by Gasteiger charge is -2.19. The topological polar surface area (TPSA) is 58.6 Å². The van der Waals surface area contributed by atoms with Crippen molar-refractivity contribution in [2.24, 2.45) is 0 Å². The minimum Gasteiger partial charge on any atom is -0.505 e. The van der Waals surface area contributed by atoms with E-state index in [-0.39, 0.29) is 12.1 Å². The van der Waals surface area contributed by atoms with Crippen molar-refractivity contribution in [3.8, 4) is 5.75 Å². The number of nitrogens with one attached hydrogen (secondary N) is 1. The van der Waals surface area contributed by atoms with E-state index in [9.17, 15) is 13.6 Å². The fraction of sp³-hybridized carbons (Fsp3) is 0.357. The normalized spacial score (nSPS) is 11.7. The molecule has 0 saturated carbocycles. The number of rotatable bonds is 3. The van der Waals surface area contributed by atoms with Crippen LogP contribution in [0.4, 0.5) is 13.6 Å². The summed E-state index contributed by atoms with van der Waals surface area (Å²) in [6.07, 6.45) is 2.39. The van der Waals surface area contributed by atoms with Crippen LogP contribution in [0.15, 0.2) is 18.2 Å². The van der Waals surface area contributed by atoms with Crippen LogP contribution in [0.25, 0.3) is 6.08 Å². The highest BCUT2D eigenvalue weighted by Crippen LogP contribution is 2.21. The molecule has 4 nitrogen and oxygen atoms in total. The minimum atomic E-state index is -1.28. The van der Waals surface area contributed by atoms with Crippen molar-refractivity contribution in [3.05, 3.63) is 35.4 Å². The maximum absolute atomic E-state index is 13.0. The van der Waals surface area contributed by atoms with Crippen LogP contribution in [0, 0.1) is 11.6 Å². The van der Waals surface area contributed by atoms with Gasteiger partial charge in [0.1, 0.15) is 5.60 Å². The molecule has 0 bridgehead atoms. The molecule has 0 radical (unpaired) electrons. The quantitative estimate of drug-likeness (QED) is 0.896. The molecule has 1 rings (SSSR count). The zero-order chi connectivity index (χ0) is 15.3. The number of carbonyl (C=O) groups is 1. The summed E-state index contributed by atoms with van der Waals surface area (Å²) in [5, 5.41) is 11.6. The summed E-state index contributed by atoms with van der Waals surface area (Å²) in [4.78, 5) is 11.3. The molecule has 0 heterocycles. The van der Waals surface area contributed by atoms with Gasteiger partial charge in [0.25, 0.3) is 0 Å². The van der Waals surface area contributed by atoms with Crippen molar-refractivity contribution in [1.29, 1.82) is 0 Å². The molecule has 110 valence electrons. The molecule has 0 aliphatic carbocycles. The van der Waals surface area contributed by atoms with E-state index < -0.39 is 29.1 Å². The first kappa shape index (κ1) is 15.9. The number of alkyl carbamates (subject to hydrolysis) is 1. The van der Waals surface area contributed by atoms with Gasteiger partial charge in [0.15, 0.2) is 17.4 Å². The number of phenolic OH excluding ortho intramolecular Hbond substituents is 1. The van der Waals surface area contributed by atoms with Gasteiger partial charge in [-0.05, 0) is 38.5 Å². The monoisotopic (exact) mass is 285 g/mol. The van der Waals surface area contributed by atoms with Crippen molar-refractivity contribution in [2.75, 3.05) is 6.54 Å². The summed E-state index contributed by atoms with van der Waals surface area (Å²) < 4.78 is 30.9. The number of carbonyl (C=O) groups excluding carboxylic acids is 1. The second-order valence-electron chi connectivity index (χ2n) is 5.12. The predicted molar refractivity (Wildman–Crippen MR) is 71.3 cm³/mol. The van der Waals surface area contributed by atoms with Crippen LogP contribution < -0.4 is 5.32 Å². The van der Waals surface area contributed by atoms with Gasteiger partial charge in [0.2, 0.25) is 0 Å². The summed E-state index contributed by atoms with van der Waals surface area (Å²) in [6, 6.07) is 2.03. The molecular formula is C14H17F2NO3. The summed E-state index contributed by atoms with van der Waals surface area (Å²) in [7, 11) is 0. The van der Waals surface area contributed by atoms with Gasteiger partial charge < -0.3 is 15.2 Å². The third kappa shape index (κ3) is 5.26. The number of phenols is 1. The largest absolute Gasteiger partial charge is 0.505 e. The number of hydrogen-bond acceptors (Lipinski definition) is 3. The van der Waals surface area contributed by atoms with E-state index in [1.807, 2.05) is 0 Å². The smallest absolute Gasteiger partial charge is 0.407 e. The van der Waals surface area contributed by atoms with Crippen LogP contribution >= 0.6 is 0 Å². The Morgan fingerprint density at radius 2 is 2.05 bits per heavy atom. The predicted octanol–water partition coefficient (Wildman–Crippen LogP) is 3.21. The highest BCUT2D eigenvalue weighted by atomic mass is 19.2. The Hall–Kier alpha value is -2.11. The number of ether oxygens (including phenoxy) is 1. The average molecular weight is 285 g/mol. The number of halogens is 2. The highest BCUT2D eigenvalue weighted by molar-refractivity contribution is 5.68. The Balaban J connectivity index is 2.52. The zero-order valence-corrected chi connectivity index (χ0v) is 11.5. The standard InChI is InChI=1S/C14H17F2NO3/c1-14(2,3)20-13(19)17-6-4-5-9-7-10(15)12(16)11(18)8-9/h4-5,7-8,18H,6H2,1-3H3,(H,17,19). The summed E-state index contributed by atoms with van der Waals surface area (Å²) in [5.74, 6) is -3.18. The van der Waals surface area contributed by atoms with Crippen molar-refractivity contribution >= 4 is 12.2 Å². The van der Waals surface area contributed by atoms with Crippen LogP contribution in [0.3, 0.4) is 0 Å². The van der Waals surface area contributed by atoms with Gasteiger partial charge in [0, 0.05) is 6.54 Å². The van der Waals surface area contributed by atoms with Crippen LogP contribution in [0.1, 0.15) is 26.3 Å². The van der Waals surface area contributed by atoms with E-state index >= 15 is 0 Å². The number of benzene rings is 1. The Bertz CT molecular complexity index is 499. The molecule has 0 unspecified atom stereocenters. The Morgan fingerprint density at radius 3 is 2.60 bits per heavy atom. The minimum absolute atomic E-state index is 0.161. The van der Waals surface area contributed by atoms with Gasteiger partial charge in [0.05, 0.1) is 0 Å². The van der Waals surface area contributed by atoms with Crippen LogP contribution in [-0.2, 0) is 4.74 Å². The Morgan fingerprint density at radius 1 is 1.40 bits per heavy atom. The molecule has 0 saturated heterocycles. The van der Waals surface area contributed by atoms with E-state index in [1.165, 1.54) is 12.2 Å². The Kier molecular flexibility index (Phi) is 5.07. The van der Waals surface area contributed by atoms with Gasteiger partial charge in [-0.1, -0.05) is 12.2 Å². The fourth-order valence-electron chi connectivity index (χ4n) is 1.34. The lowest BCUT2D eigenvalue weighted by Crippen LogP contribution is -2.32. The molecule has 0 fully saturated rings.